The smallest absolute Gasteiger partial charge is 0.410 e. The highest BCUT2D eigenvalue weighted by Gasteiger charge is 2.37. The van der Waals surface area contributed by atoms with Crippen molar-refractivity contribution < 1.29 is 23.8 Å². The second-order valence-electron chi connectivity index (χ2n) is 7.28. The summed E-state index contributed by atoms with van der Waals surface area (Å²) >= 11 is 0. The summed E-state index contributed by atoms with van der Waals surface area (Å²) < 4.78 is 18.5. The number of carboxylic acids is 1. The molecule has 2 rings (SSSR count). The molecule has 6 nitrogen and oxygen atoms in total. The van der Waals surface area contributed by atoms with Crippen molar-refractivity contribution in [2.45, 2.75) is 45.4 Å². The molecule has 0 saturated carbocycles. The molecule has 1 saturated heterocycles. The summed E-state index contributed by atoms with van der Waals surface area (Å²) in [6.45, 7) is 6.19. The summed E-state index contributed by atoms with van der Waals surface area (Å²) in [6, 6.07) is 5.88. The number of carbonyl (C=O) groups excluding carboxylic acids is 1. The highest BCUT2D eigenvalue weighted by molar-refractivity contribution is 5.74. The van der Waals surface area contributed by atoms with Crippen LogP contribution in [0.1, 0.15) is 32.8 Å². The van der Waals surface area contributed by atoms with Gasteiger partial charge in [0.1, 0.15) is 11.4 Å². The Balaban J connectivity index is 1.97. The van der Waals surface area contributed by atoms with Crippen LogP contribution in [-0.4, -0.2) is 46.8 Å². The molecule has 25 heavy (non-hydrogen) atoms. The summed E-state index contributed by atoms with van der Waals surface area (Å²) in [4.78, 5) is 25.2. The number of aliphatic carboxylic acids is 1. The molecule has 0 aliphatic carbocycles. The highest BCUT2D eigenvalue weighted by Crippen LogP contribution is 2.21. The molecule has 138 valence electrons. The first-order valence-corrected chi connectivity index (χ1v) is 8.34. The van der Waals surface area contributed by atoms with Crippen molar-refractivity contribution in [2.24, 2.45) is 5.92 Å². The molecular weight excluding hydrogens is 327 g/mol. The number of benzene rings is 1. The van der Waals surface area contributed by atoms with Crippen LogP contribution in [0.2, 0.25) is 0 Å². The van der Waals surface area contributed by atoms with Gasteiger partial charge in [-0.1, -0.05) is 12.1 Å². The third kappa shape index (κ3) is 5.70. The zero-order chi connectivity index (χ0) is 18.6. The molecule has 1 amide bonds. The third-order valence-electron chi connectivity index (χ3n) is 4.04. The van der Waals surface area contributed by atoms with E-state index in [1.807, 2.05) is 0 Å². The second-order valence-corrected chi connectivity index (χ2v) is 7.28. The maximum absolute atomic E-state index is 13.2. The first-order chi connectivity index (χ1) is 11.7. The van der Waals surface area contributed by atoms with Crippen LogP contribution in [0.4, 0.5) is 9.18 Å². The molecule has 0 spiro atoms. The van der Waals surface area contributed by atoms with Crippen molar-refractivity contribution in [3.63, 3.8) is 0 Å². The van der Waals surface area contributed by atoms with Crippen molar-refractivity contribution in [1.29, 1.82) is 0 Å². The standard InChI is InChI=1S/C18H25FN2O4/c1-18(2,3)25-17(24)21-8-7-15(14(11-21)16(22)23)20-10-12-5-4-6-13(19)9-12/h4-6,9,14-15,20H,7-8,10-11H2,1-3H3,(H,22,23)/t14-,15+/m1/s1. The lowest BCUT2D eigenvalue weighted by Gasteiger charge is -2.37. The van der Waals surface area contributed by atoms with Crippen LogP contribution in [0.3, 0.4) is 0 Å². The van der Waals surface area contributed by atoms with Gasteiger partial charge in [-0.3, -0.25) is 4.79 Å². The van der Waals surface area contributed by atoms with Gasteiger partial charge in [0.15, 0.2) is 0 Å². The first kappa shape index (κ1) is 19.2. The van der Waals surface area contributed by atoms with E-state index in [2.05, 4.69) is 5.32 Å². The Morgan fingerprint density at radius 3 is 2.72 bits per heavy atom. The molecule has 1 aromatic carbocycles. The molecule has 0 radical (unpaired) electrons. The van der Waals surface area contributed by atoms with E-state index in [1.54, 1.807) is 32.9 Å². The Morgan fingerprint density at radius 1 is 1.40 bits per heavy atom. The molecule has 0 bridgehead atoms. The van der Waals surface area contributed by atoms with Crippen molar-refractivity contribution >= 4 is 12.1 Å². The molecule has 1 heterocycles. The fraction of sp³-hybridized carbons (Fsp3) is 0.556. The normalized spacial score (nSPS) is 21.0. The molecule has 2 atom stereocenters. The summed E-state index contributed by atoms with van der Waals surface area (Å²) in [5.74, 6) is -2.03. The summed E-state index contributed by atoms with van der Waals surface area (Å²) in [7, 11) is 0. The van der Waals surface area contributed by atoms with Gasteiger partial charge in [0, 0.05) is 25.7 Å². The molecule has 0 aromatic heterocycles. The fourth-order valence-electron chi connectivity index (χ4n) is 2.83. The number of nitrogens with one attached hydrogen (secondary N) is 1. The van der Waals surface area contributed by atoms with E-state index >= 15 is 0 Å². The molecule has 1 aliphatic heterocycles. The van der Waals surface area contributed by atoms with Crippen molar-refractivity contribution in [3.05, 3.63) is 35.6 Å². The summed E-state index contributed by atoms with van der Waals surface area (Å²) in [5, 5.41) is 12.7. The Bertz CT molecular complexity index is 630. The van der Waals surface area contributed by atoms with Crippen molar-refractivity contribution in [2.75, 3.05) is 13.1 Å². The average Bonchev–Trinajstić information content (AvgIpc) is 2.51. The van der Waals surface area contributed by atoms with E-state index in [-0.39, 0.29) is 18.4 Å². The van der Waals surface area contributed by atoms with E-state index in [0.29, 0.717) is 19.5 Å². The van der Waals surface area contributed by atoms with Crippen LogP contribution < -0.4 is 5.32 Å². The molecule has 1 fully saturated rings. The van der Waals surface area contributed by atoms with Gasteiger partial charge in [-0.05, 0) is 44.9 Å². The fourth-order valence-corrected chi connectivity index (χ4v) is 2.83. The van der Waals surface area contributed by atoms with Gasteiger partial charge in [0.25, 0.3) is 0 Å². The number of nitrogens with zero attached hydrogens (tertiary/aromatic N) is 1. The topological polar surface area (TPSA) is 78.9 Å². The van der Waals surface area contributed by atoms with Gasteiger partial charge in [-0.15, -0.1) is 0 Å². The summed E-state index contributed by atoms with van der Waals surface area (Å²) in [5.41, 5.74) is 0.126. The molecular formula is C18H25FN2O4. The number of rotatable bonds is 4. The highest BCUT2D eigenvalue weighted by atomic mass is 19.1. The van der Waals surface area contributed by atoms with Crippen LogP contribution in [0.5, 0.6) is 0 Å². The van der Waals surface area contributed by atoms with Gasteiger partial charge < -0.3 is 20.1 Å². The van der Waals surface area contributed by atoms with Crippen molar-refractivity contribution in [1.82, 2.24) is 10.2 Å². The maximum atomic E-state index is 13.2. The van der Waals surface area contributed by atoms with E-state index < -0.39 is 23.6 Å². The number of hydrogen-bond acceptors (Lipinski definition) is 4. The van der Waals surface area contributed by atoms with Crippen LogP contribution >= 0.6 is 0 Å². The number of piperidine rings is 1. The van der Waals surface area contributed by atoms with Crippen LogP contribution in [-0.2, 0) is 16.1 Å². The number of ether oxygens (including phenoxy) is 1. The lowest BCUT2D eigenvalue weighted by Crippen LogP contribution is -2.54. The second kappa shape index (κ2) is 7.82. The number of amides is 1. The summed E-state index contributed by atoms with van der Waals surface area (Å²) in [6.07, 6.45) is -0.00625. The number of halogens is 1. The Labute approximate surface area is 147 Å². The lowest BCUT2D eigenvalue weighted by atomic mass is 9.92. The van der Waals surface area contributed by atoms with E-state index in [9.17, 15) is 19.1 Å². The average molecular weight is 352 g/mol. The largest absolute Gasteiger partial charge is 0.481 e. The monoisotopic (exact) mass is 352 g/mol. The van der Waals surface area contributed by atoms with Gasteiger partial charge in [0.2, 0.25) is 0 Å². The predicted molar refractivity (Wildman–Crippen MR) is 90.6 cm³/mol. The van der Waals surface area contributed by atoms with Gasteiger partial charge >= 0.3 is 12.1 Å². The molecule has 1 aromatic rings. The zero-order valence-electron chi connectivity index (χ0n) is 14.8. The first-order valence-electron chi connectivity index (χ1n) is 8.34. The van der Waals surface area contributed by atoms with Crippen molar-refractivity contribution in [3.8, 4) is 0 Å². The predicted octanol–water partition coefficient (Wildman–Crippen LogP) is 2.63. The van der Waals surface area contributed by atoms with Gasteiger partial charge in [-0.25, -0.2) is 9.18 Å². The number of likely N-dealkylation sites (tertiary alicyclic amines) is 1. The number of carbonyl (C=O) groups is 2. The van der Waals surface area contributed by atoms with Crippen LogP contribution in [0.15, 0.2) is 24.3 Å². The van der Waals surface area contributed by atoms with E-state index in [1.165, 1.54) is 17.0 Å². The van der Waals surface area contributed by atoms with E-state index in [4.69, 9.17) is 4.74 Å². The minimum atomic E-state index is -0.968. The zero-order valence-corrected chi connectivity index (χ0v) is 14.8. The molecule has 7 heteroatoms. The Morgan fingerprint density at radius 2 is 2.12 bits per heavy atom. The quantitative estimate of drug-likeness (QED) is 0.871. The van der Waals surface area contributed by atoms with E-state index in [0.717, 1.165) is 5.56 Å². The van der Waals surface area contributed by atoms with Gasteiger partial charge in [-0.2, -0.15) is 0 Å². The third-order valence-corrected chi connectivity index (χ3v) is 4.04. The molecule has 2 N–H and O–H groups in total. The van der Waals surface area contributed by atoms with Crippen LogP contribution in [0.25, 0.3) is 0 Å². The van der Waals surface area contributed by atoms with Crippen LogP contribution in [0, 0.1) is 11.7 Å². The molecule has 1 aliphatic rings. The SMILES string of the molecule is CC(C)(C)OC(=O)N1CC[C@H](NCc2cccc(F)c2)[C@H](C(=O)O)C1. The van der Waals surface area contributed by atoms with Gasteiger partial charge in [0.05, 0.1) is 5.92 Å². The Hall–Kier alpha value is -2.15. The number of carboxylic acid groups (broad SMARTS) is 1. The maximum Gasteiger partial charge on any atom is 0.410 e. The number of hydrogen-bond donors (Lipinski definition) is 2. The minimum absolute atomic E-state index is 0.0884. The minimum Gasteiger partial charge on any atom is -0.481 e. The molecule has 0 unspecified atom stereocenters. The Kier molecular flexibility index (Phi) is 6.00. The lowest BCUT2D eigenvalue weighted by molar-refractivity contribution is -0.144.